The van der Waals surface area contributed by atoms with Crippen LogP contribution in [-0.2, 0) is 14.2 Å². The molecular weight excluding hydrogens is 294 g/mol. The van der Waals surface area contributed by atoms with Crippen molar-refractivity contribution in [1.29, 1.82) is 0 Å². The molecule has 1 saturated heterocycles. The summed E-state index contributed by atoms with van der Waals surface area (Å²) in [7, 11) is 1.61. The van der Waals surface area contributed by atoms with E-state index in [1.165, 1.54) is 32.1 Å². The lowest BCUT2D eigenvalue weighted by atomic mass is 9.83. The molecule has 2 rings (SSSR count). The minimum Gasteiger partial charge on any atom is -0.441 e. The Bertz CT molecular complexity index is 357. The third-order valence-corrected chi connectivity index (χ3v) is 5.21. The Balaban J connectivity index is 2.03. The molecule has 0 aromatic rings. The summed E-state index contributed by atoms with van der Waals surface area (Å²) in [4.78, 5) is 14.3. The van der Waals surface area contributed by atoms with Gasteiger partial charge >= 0.3 is 6.09 Å². The fourth-order valence-corrected chi connectivity index (χ4v) is 3.87. The Morgan fingerprint density at radius 1 is 1.30 bits per heavy atom. The first kappa shape index (κ1) is 18.5. The standard InChI is InChI=1S/C18H33NO4/c1-4-5-11-19-16(12-15-9-7-6-8-10-15)17(23-18(19)20)14(2)22-13-21-3/h14-17H,4-13H2,1-3H3. The monoisotopic (exact) mass is 327 g/mol. The Kier molecular flexibility index (Phi) is 7.63. The molecule has 1 aliphatic heterocycles. The molecule has 1 amide bonds. The second-order valence-electron chi connectivity index (χ2n) is 6.98. The lowest BCUT2D eigenvalue weighted by Gasteiger charge is -2.32. The van der Waals surface area contributed by atoms with Gasteiger partial charge in [0.25, 0.3) is 0 Å². The van der Waals surface area contributed by atoms with Gasteiger partial charge in [-0.25, -0.2) is 4.79 Å². The zero-order chi connectivity index (χ0) is 16.7. The highest BCUT2D eigenvalue weighted by molar-refractivity contribution is 5.70. The number of ether oxygens (including phenoxy) is 3. The third kappa shape index (κ3) is 5.08. The molecule has 0 bridgehead atoms. The normalized spacial score (nSPS) is 27.3. The summed E-state index contributed by atoms with van der Waals surface area (Å²) >= 11 is 0. The average molecular weight is 327 g/mol. The number of hydrogen-bond donors (Lipinski definition) is 0. The first-order chi connectivity index (χ1) is 11.2. The molecule has 3 unspecified atom stereocenters. The van der Waals surface area contributed by atoms with Crippen LogP contribution in [0.15, 0.2) is 0 Å². The van der Waals surface area contributed by atoms with Gasteiger partial charge in [0.05, 0.1) is 12.1 Å². The quantitative estimate of drug-likeness (QED) is 0.602. The molecule has 3 atom stereocenters. The van der Waals surface area contributed by atoms with Crippen LogP contribution in [0.2, 0.25) is 0 Å². The molecule has 1 aliphatic carbocycles. The van der Waals surface area contributed by atoms with Crippen LogP contribution in [0, 0.1) is 5.92 Å². The molecule has 23 heavy (non-hydrogen) atoms. The molecule has 2 aliphatic rings. The second kappa shape index (κ2) is 9.48. The van der Waals surface area contributed by atoms with Crippen LogP contribution in [0.25, 0.3) is 0 Å². The van der Waals surface area contributed by atoms with Crippen LogP contribution in [0.1, 0.15) is 65.2 Å². The van der Waals surface area contributed by atoms with Gasteiger partial charge in [-0.1, -0.05) is 45.4 Å². The van der Waals surface area contributed by atoms with Gasteiger partial charge in [0.1, 0.15) is 12.9 Å². The minimum atomic E-state index is -0.184. The van der Waals surface area contributed by atoms with Crippen molar-refractivity contribution in [3.05, 3.63) is 0 Å². The van der Waals surface area contributed by atoms with E-state index >= 15 is 0 Å². The van der Waals surface area contributed by atoms with Crippen molar-refractivity contribution >= 4 is 6.09 Å². The molecule has 0 aromatic heterocycles. The van der Waals surface area contributed by atoms with Gasteiger partial charge in [-0.05, 0) is 25.7 Å². The van der Waals surface area contributed by atoms with Crippen molar-refractivity contribution in [3.63, 3.8) is 0 Å². The Morgan fingerprint density at radius 3 is 2.70 bits per heavy atom. The van der Waals surface area contributed by atoms with Crippen molar-refractivity contribution in [2.45, 2.75) is 83.5 Å². The van der Waals surface area contributed by atoms with Gasteiger partial charge in [-0.15, -0.1) is 0 Å². The maximum Gasteiger partial charge on any atom is 0.410 e. The number of rotatable bonds is 9. The van der Waals surface area contributed by atoms with Gasteiger partial charge in [-0.3, -0.25) is 0 Å². The number of unbranched alkanes of at least 4 members (excludes halogenated alkanes) is 1. The van der Waals surface area contributed by atoms with E-state index in [1.54, 1.807) is 7.11 Å². The van der Waals surface area contributed by atoms with Gasteiger partial charge in [-0.2, -0.15) is 0 Å². The van der Waals surface area contributed by atoms with Crippen LogP contribution in [0.5, 0.6) is 0 Å². The predicted octanol–water partition coefficient (Wildman–Crippen LogP) is 3.96. The smallest absolute Gasteiger partial charge is 0.410 e. The maximum atomic E-state index is 12.3. The SMILES string of the molecule is CCCCN1C(=O)OC(C(C)OCOC)C1CC1CCCCC1. The molecule has 2 fully saturated rings. The zero-order valence-electron chi connectivity index (χ0n) is 15.0. The van der Waals surface area contributed by atoms with Crippen molar-refractivity contribution in [2.24, 2.45) is 5.92 Å². The van der Waals surface area contributed by atoms with Crippen LogP contribution in [-0.4, -0.2) is 49.7 Å². The number of cyclic esters (lactones) is 1. The fraction of sp³-hybridized carbons (Fsp3) is 0.944. The Morgan fingerprint density at radius 2 is 2.04 bits per heavy atom. The first-order valence-electron chi connectivity index (χ1n) is 9.25. The highest BCUT2D eigenvalue weighted by atomic mass is 16.7. The number of carbonyl (C=O) groups is 1. The van der Waals surface area contributed by atoms with E-state index in [0.717, 1.165) is 25.8 Å². The Labute approximate surface area is 140 Å². The summed E-state index contributed by atoms with van der Waals surface area (Å²) in [5.41, 5.74) is 0. The Hall–Kier alpha value is -0.810. The lowest BCUT2D eigenvalue weighted by Crippen LogP contribution is -2.43. The number of nitrogens with zero attached hydrogens (tertiary/aromatic N) is 1. The summed E-state index contributed by atoms with van der Waals surface area (Å²) in [5.74, 6) is 0.713. The van der Waals surface area contributed by atoms with E-state index in [4.69, 9.17) is 14.2 Å². The van der Waals surface area contributed by atoms with E-state index in [9.17, 15) is 4.79 Å². The number of amides is 1. The number of hydrogen-bond acceptors (Lipinski definition) is 4. The molecule has 5 heteroatoms. The van der Waals surface area contributed by atoms with E-state index < -0.39 is 0 Å². The van der Waals surface area contributed by atoms with Crippen LogP contribution in [0.3, 0.4) is 0 Å². The molecule has 0 radical (unpaired) electrons. The summed E-state index contributed by atoms with van der Waals surface area (Å²) in [6.07, 6.45) is 9.22. The largest absolute Gasteiger partial charge is 0.441 e. The van der Waals surface area contributed by atoms with Crippen molar-refractivity contribution in [2.75, 3.05) is 20.4 Å². The molecule has 1 heterocycles. The first-order valence-corrected chi connectivity index (χ1v) is 9.25. The molecule has 0 N–H and O–H groups in total. The summed E-state index contributed by atoms with van der Waals surface area (Å²) in [5, 5.41) is 0. The molecule has 1 saturated carbocycles. The zero-order valence-corrected chi connectivity index (χ0v) is 15.0. The topological polar surface area (TPSA) is 48.0 Å². The second-order valence-corrected chi connectivity index (χ2v) is 6.98. The van der Waals surface area contributed by atoms with Crippen LogP contribution >= 0.6 is 0 Å². The number of carbonyl (C=O) groups excluding carboxylic acids is 1. The van der Waals surface area contributed by atoms with E-state index in [1.807, 2.05) is 11.8 Å². The van der Waals surface area contributed by atoms with E-state index in [2.05, 4.69) is 6.92 Å². The van der Waals surface area contributed by atoms with Crippen molar-refractivity contribution in [1.82, 2.24) is 4.90 Å². The van der Waals surface area contributed by atoms with E-state index in [0.29, 0.717) is 5.92 Å². The lowest BCUT2D eigenvalue weighted by molar-refractivity contribution is -0.105. The van der Waals surface area contributed by atoms with Crippen molar-refractivity contribution in [3.8, 4) is 0 Å². The molecule has 134 valence electrons. The molecule has 5 nitrogen and oxygen atoms in total. The third-order valence-electron chi connectivity index (χ3n) is 5.21. The predicted molar refractivity (Wildman–Crippen MR) is 89.3 cm³/mol. The maximum absolute atomic E-state index is 12.3. The summed E-state index contributed by atoms with van der Waals surface area (Å²) in [6, 6.07) is 0.143. The summed E-state index contributed by atoms with van der Waals surface area (Å²) < 4.78 is 16.4. The van der Waals surface area contributed by atoms with E-state index in [-0.39, 0.29) is 31.1 Å². The van der Waals surface area contributed by atoms with Gasteiger partial charge in [0, 0.05) is 13.7 Å². The molecule has 0 aromatic carbocycles. The molecule has 0 spiro atoms. The number of methoxy groups -OCH3 is 1. The average Bonchev–Trinajstić information content (AvgIpc) is 2.87. The van der Waals surface area contributed by atoms with Crippen LogP contribution in [0.4, 0.5) is 4.79 Å². The van der Waals surface area contributed by atoms with Gasteiger partial charge < -0.3 is 19.1 Å². The van der Waals surface area contributed by atoms with Crippen molar-refractivity contribution < 1.29 is 19.0 Å². The fourth-order valence-electron chi connectivity index (χ4n) is 3.87. The van der Waals surface area contributed by atoms with Crippen LogP contribution < -0.4 is 0 Å². The minimum absolute atomic E-state index is 0.140. The molecular formula is C18H33NO4. The van der Waals surface area contributed by atoms with Gasteiger partial charge in [0.2, 0.25) is 0 Å². The summed E-state index contributed by atoms with van der Waals surface area (Å²) in [6.45, 7) is 5.16. The van der Waals surface area contributed by atoms with Gasteiger partial charge in [0.15, 0.2) is 0 Å². The highest BCUT2D eigenvalue weighted by Crippen LogP contribution is 2.34. The highest BCUT2D eigenvalue weighted by Gasteiger charge is 2.45.